The van der Waals surface area contributed by atoms with Crippen molar-refractivity contribution in [3.63, 3.8) is 0 Å². The van der Waals surface area contributed by atoms with E-state index in [1.165, 1.54) is 0 Å². The molecule has 0 unspecified atom stereocenters. The van der Waals surface area contributed by atoms with Crippen LogP contribution >= 0.6 is 0 Å². The molecule has 0 amide bonds. The summed E-state index contributed by atoms with van der Waals surface area (Å²) < 4.78 is 0. The summed E-state index contributed by atoms with van der Waals surface area (Å²) >= 11 is 0. The van der Waals surface area contributed by atoms with Gasteiger partial charge in [0.2, 0.25) is 0 Å². The number of rotatable bonds is 0. The van der Waals surface area contributed by atoms with Crippen LogP contribution in [0.25, 0.3) is 0 Å². The number of ketones is 1. The van der Waals surface area contributed by atoms with E-state index >= 15 is 0 Å². The molecule has 0 aromatic carbocycles. The van der Waals surface area contributed by atoms with Crippen LogP contribution < -0.4 is 0 Å². The lowest BCUT2D eigenvalue weighted by Gasteiger charge is -1.96. The molecule has 1 rings (SSSR count). The highest BCUT2D eigenvalue weighted by molar-refractivity contribution is 6.07. The van der Waals surface area contributed by atoms with Crippen LogP contribution in [0, 0.1) is 0 Å². The van der Waals surface area contributed by atoms with Crippen molar-refractivity contribution in [3.05, 3.63) is 36.0 Å². The maximum atomic E-state index is 10.8. The summed E-state index contributed by atoms with van der Waals surface area (Å²) in [6, 6.07) is 0. The van der Waals surface area contributed by atoms with Gasteiger partial charge < -0.3 is 0 Å². The molecule has 1 aliphatic carbocycles. The highest BCUT2D eigenvalue weighted by Gasteiger charge is 2.01. The summed E-state index contributed by atoms with van der Waals surface area (Å²) in [6.45, 7) is 1.86. The third kappa shape index (κ3) is 1.17. The van der Waals surface area contributed by atoms with E-state index < -0.39 is 0 Å². The number of allylic oxidation sites excluding steroid dienone is 6. The zero-order valence-corrected chi connectivity index (χ0v) is 5.29. The van der Waals surface area contributed by atoms with Gasteiger partial charge in [-0.05, 0) is 13.0 Å². The van der Waals surface area contributed by atoms with Gasteiger partial charge in [-0.2, -0.15) is 0 Å². The minimum absolute atomic E-state index is 0.0972. The highest BCUT2D eigenvalue weighted by Crippen LogP contribution is 2.04. The third-order valence-electron chi connectivity index (χ3n) is 1.23. The molecule has 0 saturated heterocycles. The Labute approximate surface area is 54.4 Å². The predicted octanol–water partition coefficient (Wildman–Crippen LogP) is 1.63. The van der Waals surface area contributed by atoms with Gasteiger partial charge in [0.1, 0.15) is 0 Å². The molecule has 0 aliphatic heterocycles. The lowest BCUT2D eigenvalue weighted by atomic mass is 10.1. The first-order valence-electron chi connectivity index (χ1n) is 2.90. The van der Waals surface area contributed by atoms with Crippen LogP contribution in [0.2, 0.25) is 0 Å². The fourth-order valence-corrected chi connectivity index (χ4v) is 0.719. The van der Waals surface area contributed by atoms with Crippen molar-refractivity contribution in [2.75, 3.05) is 0 Å². The second-order valence-corrected chi connectivity index (χ2v) is 1.83. The molecule has 0 heterocycles. The molecule has 0 N–H and O–H groups in total. The molecule has 0 saturated carbocycles. The molecule has 0 radical (unpaired) electrons. The van der Waals surface area contributed by atoms with Crippen molar-refractivity contribution >= 4 is 5.78 Å². The van der Waals surface area contributed by atoms with Crippen LogP contribution in [0.4, 0.5) is 0 Å². The minimum atomic E-state index is 0.0972. The van der Waals surface area contributed by atoms with Crippen LogP contribution in [0.15, 0.2) is 36.0 Å². The topological polar surface area (TPSA) is 17.1 Å². The van der Waals surface area contributed by atoms with Crippen molar-refractivity contribution < 1.29 is 4.79 Å². The zero-order valence-electron chi connectivity index (χ0n) is 5.29. The third-order valence-corrected chi connectivity index (χ3v) is 1.23. The maximum Gasteiger partial charge on any atom is 0.185 e. The molecule has 0 spiro atoms. The van der Waals surface area contributed by atoms with Crippen LogP contribution in [-0.4, -0.2) is 5.78 Å². The van der Waals surface area contributed by atoms with Crippen LogP contribution in [0.1, 0.15) is 6.92 Å². The van der Waals surface area contributed by atoms with Gasteiger partial charge in [0, 0.05) is 5.57 Å². The molecular weight excluding hydrogens is 112 g/mol. The van der Waals surface area contributed by atoms with Crippen LogP contribution in [0.3, 0.4) is 0 Å². The van der Waals surface area contributed by atoms with Crippen LogP contribution in [-0.2, 0) is 4.79 Å². The average molecular weight is 120 g/mol. The zero-order chi connectivity index (χ0) is 6.69. The van der Waals surface area contributed by atoms with E-state index in [1.54, 1.807) is 12.2 Å². The predicted molar refractivity (Wildman–Crippen MR) is 37.0 cm³/mol. The van der Waals surface area contributed by atoms with E-state index in [0.29, 0.717) is 0 Å². The Kier molecular flexibility index (Phi) is 1.63. The minimum Gasteiger partial charge on any atom is -0.289 e. The first-order valence-corrected chi connectivity index (χ1v) is 2.90. The van der Waals surface area contributed by atoms with E-state index in [0.717, 1.165) is 5.57 Å². The number of carbonyl (C=O) groups is 1. The number of hydrogen-bond acceptors (Lipinski definition) is 1. The molecule has 46 valence electrons. The van der Waals surface area contributed by atoms with Gasteiger partial charge in [0.25, 0.3) is 0 Å². The van der Waals surface area contributed by atoms with Crippen molar-refractivity contribution in [1.29, 1.82) is 0 Å². The quantitative estimate of drug-likeness (QED) is 0.444. The Bertz CT molecular complexity index is 207. The van der Waals surface area contributed by atoms with Gasteiger partial charge in [0.15, 0.2) is 5.78 Å². The summed E-state index contributed by atoms with van der Waals surface area (Å²) in [4.78, 5) is 10.8. The Hall–Kier alpha value is -1.11. The van der Waals surface area contributed by atoms with E-state index in [1.807, 2.05) is 25.2 Å². The normalized spacial score (nSPS) is 21.4. The molecule has 0 fully saturated rings. The van der Waals surface area contributed by atoms with E-state index in [9.17, 15) is 4.79 Å². The monoisotopic (exact) mass is 120 g/mol. The molecule has 1 nitrogen and oxygen atoms in total. The number of hydrogen-bond donors (Lipinski definition) is 0. The van der Waals surface area contributed by atoms with Crippen molar-refractivity contribution in [2.45, 2.75) is 6.92 Å². The molecule has 0 aromatic rings. The Morgan fingerprint density at radius 2 is 2.00 bits per heavy atom. The van der Waals surface area contributed by atoms with Gasteiger partial charge >= 0.3 is 0 Å². The highest BCUT2D eigenvalue weighted by atomic mass is 16.1. The summed E-state index contributed by atoms with van der Waals surface area (Å²) in [7, 11) is 0. The maximum absolute atomic E-state index is 10.8. The Balaban J connectivity index is 2.91. The SMILES string of the molecule is C/C=C1/C=CC=CC1=O. The van der Waals surface area contributed by atoms with E-state index in [-0.39, 0.29) is 5.78 Å². The van der Waals surface area contributed by atoms with E-state index in [4.69, 9.17) is 0 Å². The lowest BCUT2D eigenvalue weighted by Crippen LogP contribution is -1.97. The number of carbonyl (C=O) groups excluding carboxylic acids is 1. The molecule has 1 aliphatic rings. The molecule has 0 bridgehead atoms. The lowest BCUT2D eigenvalue weighted by molar-refractivity contribution is -0.111. The Morgan fingerprint density at radius 1 is 1.33 bits per heavy atom. The van der Waals surface area contributed by atoms with E-state index in [2.05, 4.69) is 0 Å². The fourth-order valence-electron chi connectivity index (χ4n) is 0.719. The van der Waals surface area contributed by atoms with Gasteiger partial charge in [-0.3, -0.25) is 4.79 Å². The summed E-state index contributed by atoms with van der Waals surface area (Å²) in [5.74, 6) is 0.0972. The van der Waals surface area contributed by atoms with Gasteiger partial charge in [-0.1, -0.05) is 24.3 Å². The molecule has 0 atom stereocenters. The summed E-state index contributed by atoms with van der Waals surface area (Å²) in [5, 5.41) is 0. The summed E-state index contributed by atoms with van der Waals surface area (Å²) in [5.41, 5.74) is 0.775. The summed E-state index contributed by atoms with van der Waals surface area (Å²) in [6.07, 6.45) is 8.78. The van der Waals surface area contributed by atoms with Gasteiger partial charge in [0.05, 0.1) is 0 Å². The van der Waals surface area contributed by atoms with Gasteiger partial charge in [-0.25, -0.2) is 0 Å². The second kappa shape index (κ2) is 2.44. The molecule has 1 heteroatoms. The first-order chi connectivity index (χ1) is 4.34. The Morgan fingerprint density at radius 3 is 2.44 bits per heavy atom. The average Bonchev–Trinajstić information content (AvgIpc) is 1.89. The fraction of sp³-hybridized carbons (Fsp3) is 0.125. The van der Waals surface area contributed by atoms with Gasteiger partial charge in [-0.15, -0.1) is 0 Å². The second-order valence-electron chi connectivity index (χ2n) is 1.83. The van der Waals surface area contributed by atoms with Crippen molar-refractivity contribution in [3.8, 4) is 0 Å². The first kappa shape index (κ1) is 6.02. The molecule has 9 heavy (non-hydrogen) atoms. The molecular formula is C8H8O. The van der Waals surface area contributed by atoms with Crippen LogP contribution in [0.5, 0.6) is 0 Å². The smallest absolute Gasteiger partial charge is 0.185 e. The van der Waals surface area contributed by atoms with Crippen molar-refractivity contribution in [1.82, 2.24) is 0 Å². The standard InChI is InChI=1S/C8H8O/c1-2-7-5-3-4-6-8(7)9/h2-6H,1H3/b7-2-. The van der Waals surface area contributed by atoms with Crippen molar-refractivity contribution in [2.24, 2.45) is 0 Å². The largest absolute Gasteiger partial charge is 0.289 e. The molecule has 0 aromatic heterocycles.